The van der Waals surface area contributed by atoms with Crippen LogP contribution in [0.15, 0.2) is 24.3 Å². The molecule has 0 aromatic heterocycles. The van der Waals surface area contributed by atoms with E-state index < -0.39 is 0 Å². The highest BCUT2D eigenvalue weighted by molar-refractivity contribution is 5.80. The average molecular weight is 236 g/mol. The highest BCUT2D eigenvalue weighted by atomic mass is 16.3. The van der Waals surface area contributed by atoms with Crippen LogP contribution in [0.1, 0.15) is 25.3 Å². The molecule has 1 aromatic rings. The van der Waals surface area contributed by atoms with E-state index in [9.17, 15) is 4.79 Å². The van der Waals surface area contributed by atoms with E-state index in [1.165, 1.54) is 0 Å². The van der Waals surface area contributed by atoms with Crippen LogP contribution < -0.4 is 11.1 Å². The zero-order chi connectivity index (χ0) is 12.7. The third-order valence-corrected chi connectivity index (χ3v) is 2.53. The van der Waals surface area contributed by atoms with Crippen LogP contribution in [0.5, 0.6) is 0 Å². The molecule has 1 atom stereocenters. The van der Waals surface area contributed by atoms with Crippen LogP contribution in [0.4, 0.5) is 5.69 Å². The van der Waals surface area contributed by atoms with Crippen molar-refractivity contribution in [2.75, 3.05) is 12.3 Å². The Kier molecular flexibility index (Phi) is 5.49. The maximum Gasteiger partial charge on any atom is 0.224 e. The number of hydrogen-bond acceptors (Lipinski definition) is 3. The van der Waals surface area contributed by atoms with Crippen molar-refractivity contribution in [1.29, 1.82) is 0 Å². The summed E-state index contributed by atoms with van der Waals surface area (Å²) < 4.78 is 0. The van der Waals surface area contributed by atoms with Gasteiger partial charge in [0.2, 0.25) is 5.91 Å². The molecule has 1 amide bonds. The number of nitrogens with one attached hydrogen (secondary N) is 1. The molecular weight excluding hydrogens is 216 g/mol. The lowest BCUT2D eigenvalue weighted by Gasteiger charge is -2.08. The first-order chi connectivity index (χ1) is 8.09. The van der Waals surface area contributed by atoms with Crippen molar-refractivity contribution < 1.29 is 9.90 Å². The summed E-state index contributed by atoms with van der Waals surface area (Å²) in [5.41, 5.74) is 7.24. The smallest absolute Gasteiger partial charge is 0.224 e. The second-order valence-electron chi connectivity index (χ2n) is 4.22. The summed E-state index contributed by atoms with van der Waals surface area (Å²) in [5, 5.41) is 11.9. The standard InChI is InChI=1S/C13H20N2O2/c1-10(16)5-4-8-15-13(17)9-11-6-2-3-7-12(11)14/h2-3,6-7,10,16H,4-5,8-9,14H2,1H3,(H,15,17). The first-order valence-corrected chi connectivity index (χ1v) is 5.87. The number of para-hydroxylation sites is 1. The van der Waals surface area contributed by atoms with Crippen molar-refractivity contribution in [2.45, 2.75) is 32.3 Å². The van der Waals surface area contributed by atoms with Gasteiger partial charge in [-0.25, -0.2) is 0 Å². The highest BCUT2D eigenvalue weighted by Crippen LogP contribution is 2.10. The Labute approximate surface area is 102 Å². The molecule has 0 saturated carbocycles. The van der Waals surface area contributed by atoms with Crippen molar-refractivity contribution >= 4 is 11.6 Å². The first-order valence-electron chi connectivity index (χ1n) is 5.87. The fourth-order valence-corrected chi connectivity index (χ4v) is 1.56. The maximum absolute atomic E-state index is 11.6. The monoisotopic (exact) mass is 236 g/mol. The Hall–Kier alpha value is -1.55. The molecule has 94 valence electrons. The fourth-order valence-electron chi connectivity index (χ4n) is 1.56. The Balaban J connectivity index is 2.28. The fraction of sp³-hybridized carbons (Fsp3) is 0.462. The Bertz CT molecular complexity index is 364. The van der Waals surface area contributed by atoms with Gasteiger partial charge in [0.25, 0.3) is 0 Å². The number of nitrogens with two attached hydrogens (primary N) is 1. The van der Waals surface area contributed by atoms with Gasteiger partial charge in [-0.3, -0.25) is 4.79 Å². The van der Waals surface area contributed by atoms with E-state index in [2.05, 4.69) is 5.32 Å². The van der Waals surface area contributed by atoms with Gasteiger partial charge >= 0.3 is 0 Å². The summed E-state index contributed by atoms with van der Waals surface area (Å²) in [4.78, 5) is 11.6. The molecule has 4 nitrogen and oxygen atoms in total. The van der Waals surface area contributed by atoms with Crippen molar-refractivity contribution in [1.82, 2.24) is 5.32 Å². The summed E-state index contributed by atoms with van der Waals surface area (Å²) >= 11 is 0. The molecule has 0 spiro atoms. The van der Waals surface area contributed by atoms with E-state index in [1.807, 2.05) is 18.2 Å². The number of carbonyl (C=O) groups excluding carboxylic acids is 1. The zero-order valence-corrected chi connectivity index (χ0v) is 10.1. The van der Waals surface area contributed by atoms with Crippen LogP contribution in [-0.2, 0) is 11.2 Å². The summed E-state index contributed by atoms with van der Waals surface area (Å²) in [7, 11) is 0. The molecule has 1 aromatic carbocycles. The quantitative estimate of drug-likeness (QED) is 0.511. The van der Waals surface area contributed by atoms with Gasteiger partial charge in [0.15, 0.2) is 0 Å². The van der Waals surface area contributed by atoms with Gasteiger partial charge in [0, 0.05) is 12.2 Å². The van der Waals surface area contributed by atoms with Crippen molar-refractivity contribution in [3.8, 4) is 0 Å². The van der Waals surface area contributed by atoms with Crippen LogP contribution >= 0.6 is 0 Å². The molecule has 4 N–H and O–H groups in total. The maximum atomic E-state index is 11.6. The van der Waals surface area contributed by atoms with Crippen LogP contribution in [0, 0.1) is 0 Å². The number of anilines is 1. The molecule has 0 radical (unpaired) electrons. The van der Waals surface area contributed by atoms with E-state index in [0.29, 0.717) is 25.1 Å². The molecule has 0 aliphatic carbocycles. The summed E-state index contributed by atoms with van der Waals surface area (Å²) in [5.74, 6) is -0.0338. The number of benzene rings is 1. The molecule has 0 aliphatic rings. The van der Waals surface area contributed by atoms with Crippen LogP contribution in [-0.4, -0.2) is 23.7 Å². The van der Waals surface area contributed by atoms with Crippen LogP contribution in [0.25, 0.3) is 0 Å². The van der Waals surface area contributed by atoms with Gasteiger partial charge in [-0.1, -0.05) is 18.2 Å². The largest absolute Gasteiger partial charge is 0.398 e. The van der Waals surface area contributed by atoms with Gasteiger partial charge in [0.1, 0.15) is 0 Å². The molecule has 1 rings (SSSR count). The zero-order valence-electron chi connectivity index (χ0n) is 10.1. The number of aliphatic hydroxyl groups is 1. The van der Waals surface area contributed by atoms with Crippen molar-refractivity contribution in [3.05, 3.63) is 29.8 Å². The molecule has 0 fully saturated rings. The van der Waals surface area contributed by atoms with Crippen molar-refractivity contribution in [2.24, 2.45) is 0 Å². The van der Waals surface area contributed by atoms with Gasteiger partial charge < -0.3 is 16.2 Å². The topological polar surface area (TPSA) is 75.3 Å². The molecule has 0 aliphatic heterocycles. The second-order valence-corrected chi connectivity index (χ2v) is 4.22. The van der Waals surface area contributed by atoms with Crippen LogP contribution in [0.3, 0.4) is 0 Å². The minimum Gasteiger partial charge on any atom is -0.398 e. The van der Waals surface area contributed by atoms with Gasteiger partial charge in [-0.2, -0.15) is 0 Å². The molecule has 0 heterocycles. The van der Waals surface area contributed by atoms with Crippen molar-refractivity contribution in [3.63, 3.8) is 0 Å². The van der Waals surface area contributed by atoms with E-state index in [0.717, 1.165) is 12.0 Å². The third-order valence-electron chi connectivity index (χ3n) is 2.53. The number of hydrogen-bond donors (Lipinski definition) is 3. The molecule has 1 unspecified atom stereocenters. The number of carbonyl (C=O) groups is 1. The molecule has 4 heteroatoms. The van der Waals surface area contributed by atoms with E-state index >= 15 is 0 Å². The lowest BCUT2D eigenvalue weighted by atomic mass is 10.1. The lowest BCUT2D eigenvalue weighted by molar-refractivity contribution is -0.120. The first kappa shape index (κ1) is 13.5. The minimum absolute atomic E-state index is 0.0338. The highest BCUT2D eigenvalue weighted by Gasteiger charge is 2.05. The Morgan fingerprint density at radius 2 is 2.18 bits per heavy atom. The molecule has 0 bridgehead atoms. The van der Waals surface area contributed by atoms with E-state index in [4.69, 9.17) is 10.8 Å². The Morgan fingerprint density at radius 1 is 1.47 bits per heavy atom. The Morgan fingerprint density at radius 3 is 2.82 bits per heavy atom. The number of nitrogen functional groups attached to an aromatic ring is 1. The summed E-state index contributed by atoms with van der Waals surface area (Å²) in [6.07, 6.45) is 1.49. The normalized spacial score (nSPS) is 12.1. The second kappa shape index (κ2) is 6.91. The number of aliphatic hydroxyl groups excluding tert-OH is 1. The number of amides is 1. The SMILES string of the molecule is CC(O)CCCNC(=O)Cc1ccccc1N. The average Bonchev–Trinajstić information content (AvgIpc) is 2.27. The predicted molar refractivity (Wildman–Crippen MR) is 68.5 cm³/mol. The van der Waals surface area contributed by atoms with E-state index in [-0.39, 0.29) is 12.0 Å². The third kappa shape index (κ3) is 5.36. The number of rotatable bonds is 6. The minimum atomic E-state index is -0.309. The summed E-state index contributed by atoms with van der Waals surface area (Å²) in [6, 6.07) is 7.35. The van der Waals surface area contributed by atoms with Gasteiger partial charge in [-0.15, -0.1) is 0 Å². The molecular formula is C13H20N2O2. The van der Waals surface area contributed by atoms with Gasteiger partial charge in [0.05, 0.1) is 12.5 Å². The van der Waals surface area contributed by atoms with Crippen LogP contribution in [0.2, 0.25) is 0 Å². The summed E-state index contributed by atoms with van der Waals surface area (Å²) in [6.45, 7) is 2.34. The predicted octanol–water partition coefficient (Wildman–Crippen LogP) is 1.09. The molecule has 0 saturated heterocycles. The van der Waals surface area contributed by atoms with Gasteiger partial charge in [-0.05, 0) is 31.4 Å². The molecule has 17 heavy (non-hydrogen) atoms. The van der Waals surface area contributed by atoms with E-state index in [1.54, 1.807) is 13.0 Å². The lowest BCUT2D eigenvalue weighted by Crippen LogP contribution is -2.26.